The van der Waals surface area contributed by atoms with E-state index in [1.165, 1.54) is 28.6 Å². The molecule has 0 saturated heterocycles. The third kappa shape index (κ3) is 5.39. The number of hydrogen-bond acceptors (Lipinski definition) is 6. The van der Waals surface area contributed by atoms with Gasteiger partial charge in [-0.3, -0.25) is 9.10 Å². The molecule has 0 aliphatic heterocycles. The van der Waals surface area contributed by atoms with Gasteiger partial charge in [0, 0.05) is 35.8 Å². The van der Waals surface area contributed by atoms with Gasteiger partial charge in [-0.2, -0.15) is 5.26 Å². The fraction of sp³-hybridized carbons (Fsp3) is 0.179. The van der Waals surface area contributed by atoms with Gasteiger partial charge in [-0.15, -0.1) is 0 Å². The lowest BCUT2D eigenvalue weighted by atomic mass is 10.1. The van der Waals surface area contributed by atoms with Crippen LogP contribution in [0.1, 0.15) is 34.1 Å². The first-order valence-corrected chi connectivity index (χ1v) is 13.1. The van der Waals surface area contributed by atoms with Gasteiger partial charge in [-0.1, -0.05) is 42.5 Å². The summed E-state index contributed by atoms with van der Waals surface area (Å²) in [6.07, 6.45) is 1.95. The monoisotopic (exact) mass is 515 g/mol. The van der Waals surface area contributed by atoms with Gasteiger partial charge in [0.2, 0.25) is 5.78 Å². The second-order valence-corrected chi connectivity index (χ2v) is 10.1. The minimum Gasteiger partial charge on any atom is -0.454 e. The highest BCUT2D eigenvalue weighted by Gasteiger charge is 2.25. The summed E-state index contributed by atoms with van der Waals surface area (Å²) < 4.78 is 34.9. The van der Waals surface area contributed by atoms with E-state index < -0.39 is 28.4 Å². The van der Waals surface area contributed by atoms with E-state index in [2.05, 4.69) is 6.07 Å². The zero-order chi connectivity index (χ0) is 26.4. The summed E-state index contributed by atoms with van der Waals surface area (Å²) in [4.78, 5) is 25.6. The molecule has 4 aromatic rings. The van der Waals surface area contributed by atoms with Crippen LogP contribution >= 0.6 is 0 Å². The van der Waals surface area contributed by atoms with Crippen LogP contribution in [0.3, 0.4) is 0 Å². The van der Waals surface area contributed by atoms with Gasteiger partial charge in [0.25, 0.3) is 10.0 Å². The van der Waals surface area contributed by atoms with Gasteiger partial charge >= 0.3 is 5.97 Å². The van der Waals surface area contributed by atoms with E-state index in [4.69, 9.17) is 10.00 Å². The van der Waals surface area contributed by atoms with E-state index in [9.17, 15) is 18.0 Å². The number of carbonyl (C=O) groups excluding carboxylic acids is 2. The minimum atomic E-state index is -3.93. The SMILES string of the molecule is CCN(c1ccccc1)S(=O)(=O)c1cccc(C(=O)OCC(=O)c2cn(CCC#N)c3ccccc23)c1. The van der Waals surface area contributed by atoms with Crippen LogP contribution in [0.25, 0.3) is 10.9 Å². The Morgan fingerprint density at radius 1 is 1.00 bits per heavy atom. The molecule has 0 fully saturated rings. The Bertz CT molecular complexity index is 1590. The first kappa shape index (κ1) is 25.7. The number of hydrogen-bond donors (Lipinski definition) is 0. The Balaban J connectivity index is 1.52. The maximum atomic E-state index is 13.3. The van der Waals surface area contributed by atoms with Crippen LogP contribution in [0.15, 0.2) is 90.0 Å². The van der Waals surface area contributed by atoms with E-state index >= 15 is 0 Å². The van der Waals surface area contributed by atoms with Crippen LogP contribution in [-0.4, -0.2) is 37.9 Å². The Morgan fingerprint density at radius 3 is 2.46 bits per heavy atom. The summed E-state index contributed by atoms with van der Waals surface area (Å²) >= 11 is 0. The molecular weight excluding hydrogens is 490 g/mol. The van der Waals surface area contributed by atoms with Crippen molar-refractivity contribution in [3.63, 3.8) is 0 Å². The van der Waals surface area contributed by atoms with E-state index in [0.717, 1.165) is 5.52 Å². The molecule has 0 spiro atoms. The van der Waals surface area contributed by atoms with Crippen LogP contribution in [0.4, 0.5) is 5.69 Å². The predicted molar refractivity (Wildman–Crippen MR) is 140 cm³/mol. The van der Waals surface area contributed by atoms with E-state index in [0.29, 0.717) is 29.6 Å². The molecule has 9 heteroatoms. The molecule has 0 amide bonds. The average molecular weight is 516 g/mol. The number of ether oxygens (including phenoxy) is 1. The summed E-state index contributed by atoms with van der Waals surface area (Å²) in [5.41, 5.74) is 1.73. The van der Waals surface area contributed by atoms with Crippen LogP contribution < -0.4 is 4.31 Å². The van der Waals surface area contributed by atoms with Crippen molar-refractivity contribution in [1.29, 1.82) is 5.26 Å². The Labute approximate surface area is 215 Å². The maximum absolute atomic E-state index is 13.3. The molecule has 3 aromatic carbocycles. The number of nitriles is 1. The van der Waals surface area contributed by atoms with Crippen LogP contribution in [0, 0.1) is 11.3 Å². The molecule has 0 radical (unpaired) electrons. The fourth-order valence-electron chi connectivity index (χ4n) is 4.11. The van der Waals surface area contributed by atoms with Gasteiger partial charge in [-0.25, -0.2) is 13.2 Å². The molecule has 37 heavy (non-hydrogen) atoms. The smallest absolute Gasteiger partial charge is 0.338 e. The van der Waals surface area contributed by atoms with E-state index in [1.54, 1.807) is 55.6 Å². The number of aryl methyl sites for hydroxylation is 1. The van der Waals surface area contributed by atoms with Crippen molar-refractivity contribution in [1.82, 2.24) is 4.57 Å². The van der Waals surface area contributed by atoms with Crippen LogP contribution in [0.2, 0.25) is 0 Å². The highest BCUT2D eigenvalue weighted by molar-refractivity contribution is 7.92. The quantitative estimate of drug-likeness (QED) is 0.221. The lowest BCUT2D eigenvalue weighted by Gasteiger charge is -2.23. The number of fused-ring (bicyclic) bond motifs is 1. The molecule has 4 rings (SSSR count). The number of anilines is 1. The first-order valence-electron chi connectivity index (χ1n) is 11.7. The lowest BCUT2D eigenvalue weighted by molar-refractivity contribution is 0.0475. The van der Waals surface area contributed by atoms with Crippen molar-refractivity contribution >= 4 is 38.4 Å². The lowest BCUT2D eigenvalue weighted by Crippen LogP contribution is -2.30. The number of ketones is 1. The molecule has 0 unspecified atom stereocenters. The maximum Gasteiger partial charge on any atom is 0.338 e. The van der Waals surface area contributed by atoms with Crippen molar-refractivity contribution in [3.05, 3.63) is 96.2 Å². The second-order valence-electron chi connectivity index (χ2n) is 8.19. The first-order chi connectivity index (χ1) is 17.9. The molecule has 8 nitrogen and oxygen atoms in total. The molecule has 0 bridgehead atoms. The number of esters is 1. The van der Waals surface area contributed by atoms with Crippen LogP contribution in [0.5, 0.6) is 0 Å². The molecule has 0 N–H and O–H groups in total. The van der Waals surface area contributed by atoms with Crippen molar-refractivity contribution in [2.75, 3.05) is 17.5 Å². The van der Waals surface area contributed by atoms with Gasteiger partial charge < -0.3 is 9.30 Å². The molecule has 1 heterocycles. The molecular formula is C28H25N3O5S. The van der Waals surface area contributed by atoms with Gasteiger partial charge in [0.15, 0.2) is 6.61 Å². The highest BCUT2D eigenvalue weighted by atomic mass is 32.2. The van der Waals surface area contributed by atoms with Crippen molar-refractivity contribution in [2.45, 2.75) is 24.8 Å². The number of carbonyl (C=O) groups is 2. The zero-order valence-electron chi connectivity index (χ0n) is 20.2. The third-order valence-electron chi connectivity index (χ3n) is 5.88. The summed E-state index contributed by atoms with van der Waals surface area (Å²) in [5, 5.41) is 9.62. The minimum absolute atomic E-state index is 0.0226. The van der Waals surface area contributed by atoms with Crippen LogP contribution in [-0.2, 0) is 21.3 Å². The molecule has 0 atom stereocenters. The summed E-state index contributed by atoms with van der Waals surface area (Å²) in [6, 6.07) is 23.7. The Kier molecular flexibility index (Phi) is 7.70. The normalized spacial score (nSPS) is 11.1. The van der Waals surface area contributed by atoms with Gasteiger partial charge in [-0.05, 0) is 43.3 Å². The average Bonchev–Trinajstić information content (AvgIpc) is 3.30. The Morgan fingerprint density at radius 2 is 1.73 bits per heavy atom. The summed E-state index contributed by atoms with van der Waals surface area (Å²) in [6.45, 7) is 1.86. The largest absolute Gasteiger partial charge is 0.454 e. The van der Waals surface area contributed by atoms with E-state index in [1.807, 2.05) is 16.7 Å². The number of sulfonamides is 1. The number of Topliss-reactive ketones (excluding diaryl/α,β-unsaturated/α-hetero) is 1. The second kappa shape index (κ2) is 11.1. The summed E-state index contributed by atoms with van der Waals surface area (Å²) in [5.74, 6) is -1.20. The van der Waals surface area contributed by atoms with Gasteiger partial charge in [0.05, 0.1) is 28.6 Å². The van der Waals surface area contributed by atoms with Gasteiger partial charge in [0.1, 0.15) is 0 Å². The number of rotatable bonds is 10. The fourth-order valence-corrected chi connectivity index (χ4v) is 5.63. The molecule has 0 saturated carbocycles. The number of para-hydroxylation sites is 2. The molecule has 188 valence electrons. The summed E-state index contributed by atoms with van der Waals surface area (Å²) in [7, 11) is -3.93. The zero-order valence-corrected chi connectivity index (χ0v) is 21.0. The Hall–Kier alpha value is -4.42. The molecule has 1 aromatic heterocycles. The van der Waals surface area contributed by atoms with Crippen molar-refractivity contribution in [2.24, 2.45) is 0 Å². The molecule has 0 aliphatic carbocycles. The van der Waals surface area contributed by atoms with Crippen molar-refractivity contribution in [3.8, 4) is 6.07 Å². The topological polar surface area (TPSA) is 109 Å². The predicted octanol–water partition coefficient (Wildman–Crippen LogP) is 4.81. The van der Waals surface area contributed by atoms with E-state index in [-0.39, 0.29) is 17.0 Å². The standard InChI is InChI=1S/C28H25N3O5S/c1-2-31(22-11-4-3-5-12-22)37(34,35)23-13-8-10-21(18-23)28(33)36-20-27(32)25-19-30(17-9-16-29)26-15-7-6-14-24(25)26/h3-8,10-15,18-19H,2,9,17,20H2,1H3. The highest BCUT2D eigenvalue weighted by Crippen LogP contribution is 2.25. The number of nitrogens with zero attached hydrogens (tertiary/aromatic N) is 3. The number of aromatic nitrogens is 1. The third-order valence-corrected chi connectivity index (χ3v) is 7.78. The molecule has 0 aliphatic rings. The van der Waals surface area contributed by atoms with Crippen molar-refractivity contribution < 1.29 is 22.7 Å². The number of benzene rings is 3.